The summed E-state index contributed by atoms with van der Waals surface area (Å²) >= 11 is 1.75. The summed E-state index contributed by atoms with van der Waals surface area (Å²) in [5.74, 6) is 1.87. The second-order valence-electron chi connectivity index (χ2n) is 7.46. The first-order valence-electron chi connectivity index (χ1n) is 9.85. The van der Waals surface area contributed by atoms with Crippen molar-refractivity contribution in [1.82, 2.24) is 9.97 Å². The smallest absolute Gasteiger partial charge is 0.138 e. The van der Waals surface area contributed by atoms with Crippen molar-refractivity contribution < 1.29 is 9.47 Å². The third-order valence-corrected chi connectivity index (χ3v) is 6.89. The largest absolute Gasteiger partial charge is 0.496 e. The summed E-state index contributed by atoms with van der Waals surface area (Å²) in [6, 6.07) is 8.67. The summed E-state index contributed by atoms with van der Waals surface area (Å²) in [4.78, 5) is 11.4. The zero-order chi connectivity index (χ0) is 19.6. The van der Waals surface area contributed by atoms with Crippen molar-refractivity contribution in [2.75, 3.05) is 32.2 Å². The van der Waals surface area contributed by atoms with Crippen LogP contribution in [0.15, 0.2) is 30.6 Å². The van der Waals surface area contributed by atoms with Crippen molar-refractivity contribution in [3.63, 3.8) is 0 Å². The molecule has 0 spiro atoms. The number of aromatic nitrogens is 2. The van der Waals surface area contributed by atoms with Crippen LogP contribution in [0.2, 0.25) is 0 Å². The Labute approximate surface area is 170 Å². The summed E-state index contributed by atoms with van der Waals surface area (Å²) in [6.07, 6.45) is 4.59. The van der Waals surface area contributed by atoms with Crippen LogP contribution < -0.4 is 10.1 Å². The lowest BCUT2D eigenvalue weighted by molar-refractivity contribution is 0.0535. The molecule has 1 aliphatic heterocycles. The predicted molar refractivity (Wildman–Crippen MR) is 115 cm³/mol. The Balaban J connectivity index is 1.69. The van der Waals surface area contributed by atoms with Gasteiger partial charge in [-0.25, -0.2) is 9.97 Å². The Morgan fingerprint density at radius 2 is 2.04 bits per heavy atom. The normalized spacial score (nSPS) is 16.2. The average molecular weight is 398 g/mol. The van der Waals surface area contributed by atoms with Gasteiger partial charge in [-0.1, -0.05) is 24.6 Å². The molecule has 4 rings (SSSR count). The maximum absolute atomic E-state index is 5.73. The number of nitrogens with zero attached hydrogens (tertiary/aromatic N) is 2. The van der Waals surface area contributed by atoms with Gasteiger partial charge in [0.1, 0.15) is 22.7 Å². The second kappa shape index (κ2) is 8.05. The van der Waals surface area contributed by atoms with Crippen molar-refractivity contribution in [1.29, 1.82) is 0 Å². The molecule has 0 saturated carbocycles. The van der Waals surface area contributed by atoms with E-state index in [0.29, 0.717) is 0 Å². The van der Waals surface area contributed by atoms with Crippen molar-refractivity contribution >= 4 is 27.4 Å². The SMILES string of the molecule is CCc1cc2c(NCC3(c4cc(C)ccc4OC)CCOCC3)ncnc2s1. The highest BCUT2D eigenvalue weighted by Gasteiger charge is 2.37. The molecule has 0 amide bonds. The molecule has 0 bridgehead atoms. The lowest BCUT2D eigenvalue weighted by Crippen LogP contribution is -2.40. The Kier molecular flexibility index (Phi) is 5.51. The average Bonchev–Trinajstić information content (AvgIpc) is 3.17. The van der Waals surface area contributed by atoms with Crippen molar-refractivity contribution in [2.24, 2.45) is 0 Å². The molecule has 0 atom stereocenters. The molecule has 2 aromatic heterocycles. The minimum Gasteiger partial charge on any atom is -0.496 e. The van der Waals surface area contributed by atoms with Crippen LogP contribution in [0.4, 0.5) is 5.82 Å². The van der Waals surface area contributed by atoms with Gasteiger partial charge in [0.25, 0.3) is 0 Å². The van der Waals surface area contributed by atoms with E-state index in [2.05, 4.69) is 53.4 Å². The summed E-state index contributed by atoms with van der Waals surface area (Å²) in [5.41, 5.74) is 2.46. The molecule has 6 heteroatoms. The van der Waals surface area contributed by atoms with Crippen LogP contribution in [0, 0.1) is 6.92 Å². The van der Waals surface area contributed by atoms with Crippen LogP contribution in [-0.2, 0) is 16.6 Å². The molecule has 5 nitrogen and oxygen atoms in total. The molecule has 1 aliphatic rings. The molecule has 148 valence electrons. The molecule has 1 aromatic carbocycles. The van der Waals surface area contributed by atoms with Crippen molar-refractivity contribution in [2.45, 2.75) is 38.5 Å². The molecular formula is C22H27N3O2S. The molecule has 1 N–H and O–H groups in total. The first-order chi connectivity index (χ1) is 13.6. The van der Waals surface area contributed by atoms with E-state index >= 15 is 0 Å². The van der Waals surface area contributed by atoms with Crippen molar-refractivity contribution in [3.8, 4) is 5.75 Å². The summed E-state index contributed by atoms with van der Waals surface area (Å²) < 4.78 is 11.4. The Morgan fingerprint density at radius 3 is 2.79 bits per heavy atom. The third-order valence-electron chi connectivity index (χ3n) is 5.70. The molecule has 28 heavy (non-hydrogen) atoms. The predicted octanol–water partition coefficient (Wildman–Crippen LogP) is 4.73. The third kappa shape index (κ3) is 3.59. The fourth-order valence-electron chi connectivity index (χ4n) is 4.01. The monoisotopic (exact) mass is 397 g/mol. The molecular weight excluding hydrogens is 370 g/mol. The van der Waals surface area contributed by atoms with E-state index in [0.717, 1.165) is 60.8 Å². The molecule has 0 radical (unpaired) electrons. The number of benzene rings is 1. The fourth-order valence-corrected chi connectivity index (χ4v) is 4.95. The summed E-state index contributed by atoms with van der Waals surface area (Å²) in [7, 11) is 1.75. The zero-order valence-electron chi connectivity index (χ0n) is 16.7. The van der Waals surface area contributed by atoms with Crippen LogP contribution in [-0.4, -0.2) is 36.8 Å². The van der Waals surface area contributed by atoms with E-state index < -0.39 is 0 Å². The highest BCUT2D eigenvalue weighted by molar-refractivity contribution is 7.18. The lowest BCUT2D eigenvalue weighted by atomic mass is 9.73. The number of ether oxygens (including phenoxy) is 2. The van der Waals surface area contributed by atoms with Crippen LogP contribution in [0.3, 0.4) is 0 Å². The number of thiophene rings is 1. The standard InChI is InChI=1S/C22H27N3O2S/c1-4-16-12-17-20(24-14-25-21(17)28-16)23-13-22(7-9-27-10-8-22)18-11-15(2)5-6-19(18)26-3/h5-6,11-12,14H,4,7-10,13H2,1-3H3,(H,23,24,25). The van der Waals surface area contributed by atoms with E-state index in [1.807, 2.05) is 0 Å². The zero-order valence-corrected chi connectivity index (χ0v) is 17.6. The van der Waals surface area contributed by atoms with Gasteiger partial charge in [0.2, 0.25) is 0 Å². The molecule has 3 heterocycles. The Bertz CT molecular complexity index is 964. The number of hydrogen-bond acceptors (Lipinski definition) is 6. The van der Waals surface area contributed by atoms with Gasteiger partial charge in [-0.3, -0.25) is 0 Å². The van der Waals surface area contributed by atoms with Crippen LogP contribution in [0.1, 0.15) is 35.8 Å². The summed E-state index contributed by atoms with van der Waals surface area (Å²) in [6.45, 7) is 6.62. The molecule has 0 unspecified atom stereocenters. The topological polar surface area (TPSA) is 56.3 Å². The highest BCUT2D eigenvalue weighted by atomic mass is 32.1. The van der Waals surface area contributed by atoms with Gasteiger partial charge < -0.3 is 14.8 Å². The van der Waals surface area contributed by atoms with Gasteiger partial charge in [0, 0.05) is 35.6 Å². The number of nitrogens with one attached hydrogen (secondary N) is 1. The minimum absolute atomic E-state index is 0.0451. The van der Waals surface area contributed by atoms with Gasteiger partial charge in [0.05, 0.1) is 12.5 Å². The van der Waals surface area contributed by atoms with E-state index in [4.69, 9.17) is 9.47 Å². The maximum Gasteiger partial charge on any atom is 0.138 e. The second-order valence-corrected chi connectivity index (χ2v) is 8.57. The van der Waals surface area contributed by atoms with Crippen LogP contribution in [0.25, 0.3) is 10.2 Å². The number of methoxy groups -OCH3 is 1. The number of fused-ring (bicyclic) bond motifs is 1. The quantitative estimate of drug-likeness (QED) is 0.652. The first-order valence-corrected chi connectivity index (χ1v) is 10.7. The number of anilines is 1. The van der Waals surface area contributed by atoms with Crippen LogP contribution in [0.5, 0.6) is 5.75 Å². The Hall–Kier alpha value is -2.18. The molecule has 1 saturated heterocycles. The summed E-state index contributed by atoms with van der Waals surface area (Å²) in [5, 5.41) is 4.76. The Morgan fingerprint density at radius 1 is 1.21 bits per heavy atom. The highest BCUT2D eigenvalue weighted by Crippen LogP contribution is 2.41. The van der Waals surface area contributed by atoms with Crippen molar-refractivity contribution in [3.05, 3.63) is 46.6 Å². The first kappa shape index (κ1) is 19.2. The number of hydrogen-bond donors (Lipinski definition) is 1. The van der Waals surface area contributed by atoms with Gasteiger partial charge in [-0.2, -0.15) is 0 Å². The molecule has 1 fully saturated rings. The fraction of sp³-hybridized carbons (Fsp3) is 0.455. The maximum atomic E-state index is 5.73. The molecule has 0 aliphatic carbocycles. The van der Waals surface area contributed by atoms with E-state index in [1.165, 1.54) is 16.0 Å². The van der Waals surface area contributed by atoms with E-state index in [-0.39, 0.29) is 5.41 Å². The minimum atomic E-state index is -0.0451. The van der Waals surface area contributed by atoms with Crippen LogP contribution >= 0.6 is 11.3 Å². The lowest BCUT2D eigenvalue weighted by Gasteiger charge is -2.39. The van der Waals surface area contributed by atoms with E-state index in [1.54, 1.807) is 24.8 Å². The molecule has 3 aromatic rings. The van der Waals surface area contributed by atoms with Gasteiger partial charge in [0.15, 0.2) is 0 Å². The number of rotatable bonds is 6. The van der Waals surface area contributed by atoms with Gasteiger partial charge in [-0.15, -0.1) is 11.3 Å². The number of aryl methyl sites for hydroxylation is 2. The van der Waals surface area contributed by atoms with Gasteiger partial charge in [-0.05, 0) is 38.3 Å². The van der Waals surface area contributed by atoms with Gasteiger partial charge >= 0.3 is 0 Å². The van der Waals surface area contributed by atoms with E-state index in [9.17, 15) is 0 Å².